The number of nitrogens with zero attached hydrogens (tertiary/aromatic N) is 1. The lowest BCUT2D eigenvalue weighted by Gasteiger charge is -2.35. The van der Waals surface area contributed by atoms with Gasteiger partial charge in [0.2, 0.25) is 0 Å². The molecule has 2 saturated heterocycles. The first-order valence-electron chi connectivity index (χ1n) is 8.10. The summed E-state index contributed by atoms with van der Waals surface area (Å²) in [7, 11) is -3.34. The summed E-state index contributed by atoms with van der Waals surface area (Å²) in [6.07, 6.45) is 5.39. The molecule has 0 bridgehead atoms. The summed E-state index contributed by atoms with van der Waals surface area (Å²) >= 11 is 1.89. The summed E-state index contributed by atoms with van der Waals surface area (Å²) in [5.74, 6) is 1.16. The molecule has 0 aromatic carbocycles. The first kappa shape index (κ1) is 17.5. The Bertz CT molecular complexity index is 408. The highest BCUT2D eigenvalue weighted by atomic mass is 32.2. The topological polar surface area (TPSA) is 61.4 Å². The van der Waals surface area contributed by atoms with Crippen molar-refractivity contribution in [3.05, 3.63) is 0 Å². The maximum atomic E-state index is 12.6. The van der Waals surface area contributed by atoms with Crippen molar-refractivity contribution in [1.29, 1.82) is 0 Å². The van der Waals surface area contributed by atoms with Gasteiger partial charge in [0.15, 0.2) is 0 Å². The predicted molar refractivity (Wildman–Crippen MR) is 89.9 cm³/mol. The smallest absolute Gasteiger partial charge is 0.279 e. The third-order valence-corrected chi connectivity index (χ3v) is 7.19. The fourth-order valence-electron chi connectivity index (χ4n) is 2.95. The number of piperidine rings is 1. The van der Waals surface area contributed by atoms with Crippen molar-refractivity contribution >= 4 is 22.0 Å². The summed E-state index contributed by atoms with van der Waals surface area (Å²) < 4.78 is 29.7. The summed E-state index contributed by atoms with van der Waals surface area (Å²) in [6.45, 7) is 6.16. The lowest BCUT2D eigenvalue weighted by Crippen LogP contribution is -2.53. The maximum absolute atomic E-state index is 12.6. The Morgan fingerprint density at radius 1 is 1.19 bits per heavy atom. The van der Waals surface area contributed by atoms with Crippen molar-refractivity contribution in [3.8, 4) is 0 Å². The normalized spacial score (nSPS) is 28.3. The predicted octanol–water partition coefficient (Wildman–Crippen LogP) is 1.57. The minimum Gasteiger partial charge on any atom is -0.313 e. The molecule has 5 nitrogen and oxygen atoms in total. The van der Waals surface area contributed by atoms with Crippen LogP contribution < -0.4 is 10.0 Å². The van der Waals surface area contributed by atoms with E-state index in [1.54, 1.807) is 4.31 Å². The molecular weight excluding hydrogens is 306 g/mol. The van der Waals surface area contributed by atoms with Crippen LogP contribution in [0.5, 0.6) is 0 Å². The molecule has 0 aromatic rings. The van der Waals surface area contributed by atoms with Gasteiger partial charge in [-0.3, -0.25) is 0 Å². The monoisotopic (exact) mass is 335 g/mol. The highest BCUT2D eigenvalue weighted by Crippen LogP contribution is 2.26. The van der Waals surface area contributed by atoms with Gasteiger partial charge in [-0.25, -0.2) is 4.72 Å². The molecule has 0 aliphatic carbocycles. The first-order valence-corrected chi connectivity index (χ1v) is 10.6. The Labute approximate surface area is 133 Å². The summed E-state index contributed by atoms with van der Waals surface area (Å²) in [5.41, 5.74) is 0. The zero-order valence-corrected chi connectivity index (χ0v) is 14.8. The SMILES string of the molecule is CC(C)NCC1CCCCN1S(=O)(=O)NCC1CCCS1. The highest BCUT2D eigenvalue weighted by Gasteiger charge is 2.32. The van der Waals surface area contributed by atoms with E-state index in [9.17, 15) is 8.42 Å². The van der Waals surface area contributed by atoms with Gasteiger partial charge >= 0.3 is 0 Å². The van der Waals surface area contributed by atoms with Gasteiger partial charge in [0, 0.05) is 37.0 Å². The van der Waals surface area contributed by atoms with Crippen LogP contribution in [0.15, 0.2) is 0 Å². The highest BCUT2D eigenvalue weighted by molar-refractivity contribution is 8.00. The molecular formula is C14H29N3O2S2. The molecule has 2 rings (SSSR count). The second-order valence-corrected chi connectivity index (χ2v) is 9.43. The average molecular weight is 336 g/mol. The maximum Gasteiger partial charge on any atom is 0.279 e. The number of rotatable bonds is 7. The van der Waals surface area contributed by atoms with Gasteiger partial charge in [0.25, 0.3) is 10.2 Å². The van der Waals surface area contributed by atoms with Crippen molar-refractivity contribution in [3.63, 3.8) is 0 Å². The van der Waals surface area contributed by atoms with Gasteiger partial charge in [-0.2, -0.15) is 24.5 Å². The van der Waals surface area contributed by atoms with Gasteiger partial charge in [-0.1, -0.05) is 20.3 Å². The number of nitrogens with one attached hydrogen (secondary N) is 2. The molecule has 2 aliphatic heterocycles. The van der Waals surface area contributed by atoms with Gasteiger partial charge in [-0.05, 0) is 31.4 Å². The number of thioether (sulfide) groups is 1. The molecule has 2 unspecified atom stereocenters. The van der Waals surface area contributed by atoms with E-state index in [1.165, 1.54) is 6.42 Å². The zero-order chi connectivity index (χ0) is 15.3. The largest absolute Gasteiger partial charge is 0.313 e. The lowest BCUT2D eigenvalue weighted by molar-refractivity contribution is 0.239. The van der Waals surface area contributed by atoms with Crippen molar-refractivity contribution in [2.45, 2.75) is 63.3 Å². The Hall–Kier alpha value is 0.180. The second-order valence-electron chi connectivity index (χ2n) is 6.31. The fraction of sp³-hybridized carbons (Fsp3) is 1.00. The average Bonchev–Trinajstić information content (AvgIpc) is 2.97. The molecule has 2 aliphatic rings. The number of hydrogen-bond acceptors (Lipinski definition) is 4. The Morgan fingerprint density at radius 2 is 2.00 bits per heavy atom. The third-order valence-electron chi connectivity index (χ3n) is 4.16. The molecule has 7 heteroatoms. The molecule has 2 heterocycles. The Balaban J connectivity index is 1.90. The fourth-order valence-corrected chi connectivity index (χ4v) is 5.78. The summed E-state index contributed by atoms with van der Waals surface area (Å²) in [4.78, 5) is 0. The molecule has 0 saturated carbocycles. The molecule has 21 heavy (non-hydrogen) atoms. The van der Waals surface area contributed by atoms with E-state index in [2.05, 4.69) is 23.9 Å². The van der Waals surface area contributed by atoms with E-state index in [0.29, 0.717) is 24.4 Å². The van der Waals surface area contributed by atoms with Crippen LogP contribution in [0.1, 0.15) is 46.0 Å². The van der Waals surface area contributed by atoms with Crippen LogP contribution >= 0.6 is 11.8 Å². The van der Waals surface area contributed by atoms with Gasteiger partial charge in [0.1, 0.15) is 0 Å². The minimum atomic E-state index is -3.34. The van der Waals surface area contributed by atoms with Gasteiger partial charge < -0.3 is 5.32 Å². The van der Waals surface area contributed by atoms with Crippen LogP contribution in [0.25, 0.3) is 0 Å². The van der Waals surface area contributed by atoms with Crippen molar-refractivity contribution in [2.24, 2.45) is 0 Å². The van der Waals surface area contributed by atoms with Crippen LogP contribution in [-0.4, -0.2) is 55.4 Å². The van der Waals surface area contributed by atoms with Crippen LogP contribution in [-0.2, 0) is 10.2 Å². The standard InChI is InChI=1S/C14H29N3O2S2/c1-12(2)15-10-13-6-3-4-8-17(13)21(18,19)16-11-14-7-5-9-20-14/h12-16H,3-11H2,1-2H3. The second kappa shape index (κ2) is 8.15. The van der Waals surface area contributed by atoms with Crippen molar-refractivity contribution < 1.29 is 8.42 Å². The molecule has 2 fully saturated rings. The van der Waals surface area contributed by atoms with E-state index >= 15 is 0 Å². The summed E-state index contributed by atoms with van der Waals surface area (Å²) in [5, 5.41) is 3.83. The third kappa shape index (κ3) is 5.39. The lowest BCUT2D eigenvalue weighted by atomic mass is 10.0. The minimum absolute atomic E-state index is 0.0925. The van der Waals surface area contributed by atoms with E-state index in [1.807, 2.05) is 11.8 Å². The zero-order valence-electron chi connectivity index (χ0n) is 13.2. The molecule has 2 N–H and O–H groups in total. The molecule has 2 atom stereocenters. The van der Waals surface area contributed by atoms with Crippen LogP contribution in [0, 0.1) is 0 Å². The molecule has 0 spiro atoms. The van der Waals surface area contributed by atoms with Crippen LogP contribution in [0.2, 0.25) is 0 Å². The van der Waals surface area contributed by atoms with Crippen LogP contribution in [0.4, 0.5) is 0 Å². The quantitative estimate of drug-likeness (QED) is 0.741. The molecule has 124 valence electrons. The molecule has 0 radical (unpaired) electrons. The van der Waals surface area contributed by atoms with Gasteiger partial charge in [-0.15, -0.1) is 0 Å². The van der Waals surface area contributed by atoms with Crippen LogP contribution in [0.3, 0.4) is 0 Å². The first-order chi connectivity index (χ1) is 9.99. The van der Waals surface area contributed by atoms with E-state index < -0.39 is 10.2 Å². The molecule has 0 amide bonds. The van der Waals surface area contributed by atoms with E-state index in [0.717, 1.165) is 38.0 Å². The Kier molecular flexibility index (Phi) is 6.80. The number of hydrogen-bond donors (Lipinski definition) is 2. The van der Waals surface area contributed by atoms with Crippen molar-refractivity contribution in [1.82, 2.24) is 14.3 Å². The Morgan fingerprint density at radius 3 is 2.67 bits per heavy atom. The van der Waals surface area contributed by atoms with E-state index in [-0.39, 0.29) is 6.04 Å². The van der Waals surface area contributed by atoms with Crippen molar-refractivity contribution in [2.75, 3.05) is 25.4 Å². The molecule has 0 aromatic heterocycles. The van der Waals surface area contributed by atoms with E-state index in [4.69, 9.17) is 0 Å². The van der Waals surface area contributed by atoms with Gasteiger partial charge in [0.05, 0.1) is 0 Å². The summed E-state index contributed by atoms with van der Waals surface area (Å²) in [6, 6.07) is 0.481.